The van der Waals surface area contributed by atoms with E-state index in [0.717, 1.165) is 84.6 Å². The summed E-state index contributed by atoms with van der Waals surface area (Å²) in [5.74, 6) is 0. The van der Waals surface area contributed by atoms with Crippen molar-refractivity contribution in [1.29, 1.82) is 5.26 Å². The lowest BCUT2D eigenvalue weighted by atomic mass is 10.2. The molecule has 4 aromatic rings. The smallest absolute Gasteiger partial charge is 0.0825 e. The minimum atomic E-state index is 0. The van der Waals surface area contributed by atoms with Crippen molar-refractivity contribution in [3.8, 4) is 6.07 Å². The van der Waals surface area contributed by atoms with E-state index in [1.54, 1.807) is 6.07 Å². The molecule has 2 aliphatic heterocycles. The SMILES string of the molecule is BrCc1ccc(Br)cc1.CC#N.CCN(CC)CC.Cl.Clc1cccc(N2CCN(Cc3ccc(Br)cc3)CC2)c1Cl.Clc1cccc(N2CCNCC2)c1Cl. The maximum absolute atomic E-state index is 7.32. The summed E-state index contributed by atoms with van der Waals surface area (Å²) >= 11 is 34.7. The lowest BCUT2D eigenvalue weighted by Crippen LogP contribution is -2.46. The van der Waals surface area contributed by atoms with E-state index in [1.807, 2.05) is 48.5 Å². The highest BCUT2D eigenvalue weighted by atomic mass is 79.9. The fraction of sp³-hybridized carbons (Fsp3) is 0.405. The van der Waals surface area contributed by atoms with Crippen molar-refractivity contribution in [3.05, 3.63) is 125 Å². The van der Waals surface area contributed by atoms with Gasteiger partial charge in [0.1, 0.15) is 0 Å². The Kier molecular flexibility index (Phi) is 29.0. The van der Waals surface area contributed by atoms with Gasteiger partial charge in [0.25, 0.3) is 0 Å². The zero-order chi connectivity index (χ0) is 40.6. The van der Waals surface area contributed by atoms with Gasteiger partial charge in [-0.05, 0) is 79.3 Å². The van der Waals surface area contributed by atoms with Gasteiger partial charge >= 0.3 is 0 Å². The van der Waals surface area contributed by atoms with E-state index >= 15 is 0 Å². The second-order valence-corrected chi connectivity index (χ2v) is 16.3. The van der Waals surface area contributed by atoms with Crippen LogP contribution in [-0.2, 0) is 11.9 Å². The lowest BCUT2D eigenvalue weighted by Gasteiger charge is -2.36. The molecule has 0 aromatic heterocycles. The number of anilines is 2. The first-order valence-electron chi connectivity index (χ1n) is 18.4. The normalized spacial score (nSPS) is 13.6. The van der Waals surface area contributed by atoms with E-state index in [-0.39, 0.29) is 12.4 Å². The second kappa shape index (κ2) is 30.7. The van der Waals surface area contributed by atoms with Gasteiger partial charge in [-0.2, -0.15) is 5.26 Å². The molecule has 2 saturated heterocycles. The Morgan fingerprint density at radius 1 is 0.643 bits per heavy atom. The summed E-state index contributed by atoms with van der Waals surface area (Å²) in [5.41, 5.74) is 4.73. The monoisotopic (exact) mass is 1050 g/mol. The lowest BCUT2D eigenvalue weighted by molar-refractivity contribution is 0.250. The van der Waals surface area contributed by atoms with Crippen molar-refractivity contribution in [3.63, 3.8) is 0 Å². The van der Waals surface area contributed by atoms with Crippen LogP contribution in [0.5, 0.6) is 0 Å². The molecule has 0 radical (unpaired) electrons. The van der Waals surface area contributed by atoms with Gasteiger partial charge in [0.2, 0.25) is 0 Å². The van der Waals surface area contributed by atoms with Crippen molar-refractivity contribution in [1.82, 2.24) is 15.1 Å². The number of alkyl halides is 1. The number of nitrogens with one attached hydrogen (secondary N) is 1. The molecule has 0 amide bonds. The molecule has 6 rings (SSSR count). The van der Waals surface area contributed by atoms with Crippen molar-refractivity contribution < 1.29 is 0 Å². The first kappa shape index (κ1) is 52.8. The van der Waals surface area contributed by atoms with Crippen molar-refractivity contribution in [2.45, 2.75) is 39.6 Å². The van der Waals surface area contributed by atoms with E-state index in [9.17, 15) is 0 Å². The van der Waals surface area contributed by atoms with Crippen LogP contribution in [0.25, 0.3) is 0 Å². The van der Waals surface area contributed by atoms with Crippen LogP contribution < -0.4 is 15.1 Å². The molecule has 0 saturated carbocycles. The highest BCUT2D eigenvalue weighted by Crippen LogP contribution is 2.34. The van der Waals surface area contributed by atoms with Crippen LogP contribution in [-0.4, -0.2) is 81.8 Å². The van der Waals surface area contributed by atoms with Crippen molar-refractivity contribution >= 4 is 118 Å². The molecule has 0 aliphatic carbocycles. The first-order chi connectivity index (χ1) is 26.5. The Labute approximate surface area is 387 Å². The van der Waals surface area contributed by atoms with Crippen molar-refractivity contribution in [2.75, 3.05) is 81.8 Å². The maximum atomic E-state index is 7.32. The largest absolute Gasteiger partial charge is 0.368 e. The zero-order valence-corrected chi connectivity index (χ0v) is 41.2. The van der Waals surface area contributed by atoms with Gasteiger partial charge in [-0.25, -0.2) is 0 Å². The number of nitriles is 1. The second-order valence-electron chi connectivity index (χ2n) is 12.4. The van der Waals surface area contributed by atoms with Gasteiger partial charge in [0.05, 0.1) is 37.5 Å². The molecule has 4 aromatic carbocycles. The Morgan fingerprint density at radius 3 is 1.41 bits per heavy atom. The fourth-order valence-corrected chi connectivity index (χ4v) is 7.35. The summed E-state index contributed by atoms with van der Waals surface area (Å²) in [4.78, 5) is 9.41. The van der Waals surface area contributed by atoms with Gasteiger partial charge in [-0.15, -0.1) is 12.4 Å². The molecule has 0 bridgehead atoms. The minimum absolute atomic E-state index is 0. The van der Waals surface area contributed by atoms with Crippen molar-refractivity contribution in [2.24, 2.45) is 0 Å². The number of hydrogen-bond acceptors (Lipinski definition) is 6. The fourth-order valence-electron chi connectivity index (χ4n) is 5.62. The molecule has 6 nitrogen and oxygen atoms in total. The third kappa shape index (κ3) is 19.7. The summed E-state index contributed by atoms with van der Waals surface area (Å²) < 4.78 is 2.25. The number of piperazine rings is 2. The predicted molar refractivity (Wildman–Crippen MR) is 258 cm³/mol. The van der Waals surface area contributed by atoms with Crippen LogP contribution in [0.1, 0.15) is 38.8 Å². The van der Waals surface area contributed by atoms with Crippen LogP contribution in [0.3, 0.4) is 0 Å². The molecule has 0 unspecified atom stereocenters. The zero-order valence-electron chi connectivity index (χ0n) is 32.6. The van der Waals surface area contributed by atoms with Gasteiger partial charge in [-0.1, -0.05) is 151 Å². The molecule has 56 heavy (non-hydrogen) atoms. The molecule has 2 fully saturated rings. The van der Waals surface area contributed by atoms with E-state index in [1.165, 1.54) is 37.7 Å². The molecule has 0 atom stereocenters. The van der Waals surface area contributed by atoms with Gasteiger partial charge < -0.3 is 20.0 Å². The quantitative estimate of drug-likeness (QED) is 0.178. The Morgan fingerprint density at radius 2 is 1.04 bits per heavy atom. The average molecular weight is 1060 g/mol. The van der Waals surface area contributed by atoms with Crippen LogP contribution in [0, 0.1) is 11.3 Å². The molecule has 14 heteroatoms. The van der Waals surface area contributed by atoms with E-state index in [0.29, 0.717) is 20.1 Å². The summed E-state index contributed by atoms with van der Waals surface area (Å²) in [6, 6.07) is 30.1. The summed E-state index contributed by atoms with van der Waals surface area (Å²) in [5, 5.41) is 14.1. The third-order valence-corrected chi connectivity index (χ3v) is 12.1. The van der Waals surface area contributed by atoms with Gasteiger partial charge in [0, 0.05) is 80.1 Å². The molecule has 2 aliphatic rings. The highest BCUT2D eigenvalue weighted by molar-refractivity contribution is 9.10. The topological polar surface area (TPSA) is 48.8 Å². The molecule has 0 spiro atoms. The average Bonchev–Trinajstić information content (AvgIpc) is 3.21. The number of hydrogen-bond donors (Lipinski definition) is 1. The summed E-state index contributed by atoms with van der Waals surface area (Å²) in [6.45, 7) is 20.5. The molecule has 2 heterocycles. The Balaban J connectivity index is 0.000000396. The number of halogens is 8. The van der Waals surface area contributed by atoms with E-state index in [2.05, 4.69) is 130 Å². The van der Waals surface area contributed by atoms with Crippen LogP contribution in [0.4, 0.5) is 11.4 Å². The number of benzene rings is 4. The van der Waals surface area contributed by atoms with E-state index < -0.39 is 0 Å². The van der Waals surface area contributed by atoms with Crippen LogP contribution in [0.2, 0.25) is 20.1 Å². The van der Waals surface area contributed by atoms with Gasteiger partial charge in [-0.3, -0.25) is 4.90 Å². The maximum Gasteiger partial charge on any atom is 0.0825 e. The Hall–Kier alpha value is -1.26. The molecule has 1 N–H and O–H groups in total. The van der Waals surface area contributed by atoms with E-state index in [4.69, 9.17) is 51.7 Å². The Bertz CT molecular complexity index is 1670. The van der Waals surface area contributed by atoms with Gasteiger partial charge in [0.15, 0.2) is 0 Å². The summed E-state index contributed by atoms with van der Waals surface area (Å²) in [7, 11) is 0. The standard InChI is InChI=1S/C17H17BrCl2N2.C10H12Cl2N2.C7H6Br2.C6H15N.C2H3N.ClH/c18-14-6-4-13(5-7-14)12-21-8-10-22(11-9-21)16-3-1-2-15(19)17(16)20;11-8-2-1-3-9(10(8)12)14-6-4-13-5-7-14;8-5-6-1-3-7(9)4-2-6;1-4-7(5-2)6-3;1-2-3;/h1-7H,8-12H2;1-3,13H,4-7H2;1-4H,5H2;4-6H2,1-3H3;1H3;1H. The number of rotatable bonds is 8. The first-order valence-corrected chi connectivity index (χ1v) is 22.6. The predicted octanol–water partition coefficient (Wildman–Crippen LogP) is 13.1. The van der Waals surface area contributed by atoms with Crippen LogP contribution in [0.15, 0.2) is 93.9 Å². The third-order valence-electron chi connectivity index (χ3n) is 8.76. The minimum Gasteiger partial charge on any atom is -0.368 e. The molecular formula is C42H54Br3Cl5N6. The van der Waals surface area contributed by atoms with Crippen LogP contribution >= 0.6 is 107 Å². The molecular weight excluding hydrogens is 1010 g/mol. The number of nitrogens with zero attached hydrogens (tertiary/aromatic N) is 5. The highest BCUT2D eigenvalue weighted by Gasteiger charge is 2.20. The molecule has 308 valence electrons. The summed E-state index contributed by atoms with van der Waals surface area (Å²) in [6.07, 6.45) is 0.